The van der Waals surface area contributed by atoms with Crippen LogP contribution >= 0.6 is 0 Å². The highest BCUT2D eigenvalue weighted by atomic mass is 16.3. The fraction of sp³-hybridized carbons (Fsp3) is 0.370. The lowest BCUT2D eigenvalue weighted by Crippen LogP contribution is -2.72. The Morgan fingerprint density at radius 1 is 0.946 bits per heavy atom. The van der Waals surface area contributed by atoms with Gasteiger partial charge in [0.25, 0.3) is 0 Å². The number of aldehydes is 1. The maximum Gasteiger partial charge on any atom is 0.171 e. The Kier molecular flexibility index (Phi) is 6.51. The quantitative estimate of drug-likeness (QED) is 0.384. The van der Waals surface area contributed by atoms with Gasteiger partial charge >= 0.3 is 0 Å². The van der Waals surface area contributed by atoms with Crippen molar-refractivity contribution in [1.82, 2.24) is 25.2 Å². The van der Waals surface area contributed by atoms with E-state index < -0.39 is 0 Å². The highest BCUT2D eigenvalue weighted by molar-refractivity contribution is 5.85. The van der Waals surface area contributed by atoms with E-state index in [9.17, 15) is 9.90 Å². The van der Waals surface area contributed by atoms with Crippen LogP contribution < -0.4 is 9.80 Å². The van der Waals surface area contributed by atoms with Gasteiger partial charge in [0.15, 0.2) is 5.82 Å². The van der Waals surface area contributed by atoms with Gasteiger partial charge in [0.2, 0.25) is 0 Å². The summed E-state index contributed by atoms with van der Waals surface area (Å²) in [5, 5.41) is 35.3. The number of nitrogens with zero attached hydrogens (tertiary/aromatic N) is 7. The van der Waals surface area contributed by atoms with E-state index in [1.807, 2.05) is 38.2 Å². The average Bonchev–Trinajstić information content (AvgIpc) is 3.33. The molecule has 2 saturated heterocycles. The molecule has 2 aromatic heterocycles. The molecule has 6 rings (SSSR count). The van der Waals surface area contributed by atoms with Crippen LogP contribution in [0.15, 0.2) is 54.7 Å². The first-order chi connectivity index (χ1) is 17.9. The Bertz CT molecular complexity index is 1410. The Morgan fingerprint density at radius 2 is 1.68 bits per heavy atom. The minimum atomic E-state index is -0.281. The fourth-order valence-corrected chi connectivity index (χ4v) is 5.20. The molecule has 1 spiro atoms. The summed E-state index contributed by atoms with van der Waals surface area (Å²) in [6, 6.07) is 15.1. The molecule has 2 aromatic carbocycles. The minimum Gasteiger partial charge on any atom is -0.507 e. The fourth-order valence-electron chi connectivity index (χ4n) is 5.20. The van der Waals surface area contributed by atoms with Gasteiger partial charge in [-0.3, -0.25) is 0 Å². The van der Waals surface area contributed by atoms with E-state index in [2.05, 4.69) is 48.5 Å². The summed E-state index contributed by atoms with van der Waals surface area (Å²) in [4.78, 5) is 16.0. The molecule has 1 unspecified atom stereocenters. The Balaban J connectivity index is 0.00000137. The Labute approximate surface area is 215 Å². The molecule has 192 valence electrons. The summed E-state index contributed by atoms with van der Waals surface area (Å²) in [5.74, 6) is 1.21. The molecule has 10 nitrogen and oxygen atoms in total. The van der Waals surface area contributed by atoms with Crippen molar-refractivity contribution in [2.24, 2.45) is 11.3 Å². The van der Waals surface area contributed by atoms with Crippen LogP contribution in [0.2, 0.25) is 0 Å². The van der Waals surface area contributed by atoms with Gasteiger partial charge in [0, 0.05) is 55.3 Å². The smallest absolute Gasteiger partial charge is 0.171 e. The first-order valence-corrected chi connectivity index (χ1v) is 12.3. The number of benzene rings is 2. The normalized spacial score (nSPS) is 16.7. The summed E-state index contributed by atoms with van der Waals surface area (Å²) in [6.07, 6.45) is 2.82. The van der Waals surface area contributed by atoms with Crippen molar-refractivity contribution in [3.05, 3.63) is 54.7 Å². The standard InChI is InChI=1S/C26H27N7O2.CH4O/c1-17(2)23(12-34)33-11-25(29-30-33)32-15-26(16-32)13-31(14-26)19-8-7-18-9-22(28-27-21(18)10-19)20-5-3-4-6-24(20)35;1-2/h3-12,17,23,35H,13-16H2,1-2H3;2H,1H3. The number of fused-ring (bicyclic) bond motifs is 1. The SMILES string of the molecule is CC(C)C(C=O)n1cc(N2CC3(CN(c4ccc5cc(-c6ccccc6O)nnc5c4)C3)C2)nn1.CO. The lowest BCUT2D eigenvalue weighted by molar-refractivity contribution is -0.111. The summed E-state index contributed by atoms with van der Waals surface area (Å²) >= 11 is 0. The van der Waals surface area contributed by atoms with E-state index in [1.54, 1.807) is 16.8 Å². The van der Waals surface area contributed by atoms with Crippen molar-refractivity contribution < 1.29 is 15.0 Å². The van der Waals surface area contributed by atoms with Crippen molar-refractivity contribution in [2.75, 3.05) is 43.1 Å². The van der Waals surface area contributed by atoms with Gasteiger partial charge in [-0.2, -0.15) is 0 Å². The highest BCUT2D eigenvalue weighted by Gasteiger charge is 2.52. The molecule has 1 atom stereocenters. The Morgan fingerprint density at radius 3 is 2.38 bits per heavy atom. The number of hydrogen-bond acceptors (Lipinski definition) is 9. The van der Waals surface area contributed by atoms with E-state index in [1.165, 1.54) is 0 Å². The van der Waals surface area contributed by atoms with Crippen LogP contribution in [0.25, 0.3) is 22.2 Å². The zero-order chi connectivity index (χ0) is 26.2. The molecule has 2 fully saturated rings. The number of aliphatic hydroxyl groups is 1. The molecular formula is C27H31N7O3. The molecule has 0 aliphatic carbocycles. The third-order valence-electron chi connectivity index (χ3n) is 7.17. The van der Waals surface area contributed by atoms with Crippen molar-refractivity contribution in [2.45, 2.75) is 19.9 Å². The second-order valence-electron chi connectivity index (χ2n) is 10.1. The van der Waals surface area contributed by atoms with Crippen molar-refractivity contribution in [3.8, 4) is 17.0 Å². The van der Waals surface area contributed by atoms with E-state index in [4.69, 9.17) is 5.11 Å². The average molecular weight is 502 g/mol. The maximum absolute atomic E-state index is 11.4. The van der Waals surface area contributed by atoms with Crippen LogP contribution in [-0.2, 0) is 4.79 Å². The molecular weight excluding hydrogens is 470 g/mol. The van der Waals surface area contributed by atoms with Crippen LogP contribution in [-0.4, -0.2) is 75.0 Å². The van der Waals surface area contributed by atoms with Crippen molar-refractivity contribution >= 4 is 28.7 Å². The number of aromatic nitrogens is 5. The summed E-state index contributed by atoms with van der Waals surface area (Å²) < 4.78 is 1.67. The zero-order valence-corrected chi connectivity index (χ0v) is 21.2. The van der Waals surface area contributed by atoms with E-state index in [-0.39, 0.29) is 23.1 Å². The van der Waals surface area contributed by atoms with Gasteiger partial charge < -0.3 is 24.8 Å². The highest BCUT2D eigenvalue weighted by Crippen LogP contribution is 2.43. The molecule has 37 heavy (non-hydrogen) atoms. The van der Waals surface area contributed by atoms with Crippen molar-refractivity contribution in [3.63, 3.8) is 0 Å². The number of para-hydroxylation sites is 1. The maximum atomic E-state index is 11.4. The molecule has 0 amide bonds. The largest absolute Gasteiger partial charge is 0.507 e. The van der Waals surface area contributed by atoms with E-state index in [0.717, 1.165) is 62.0 Å². The molecule has 0 bridgehead atoms. The van der Waals surface area contributed by atoms with Gasteiger partial charge in [0.1, 0.15) is 18.1 Å². The van der Waals surface area contributed by atoms with E-state index in [0.29, 0.717) is 11.3 Å². The molecule has 2 N–H and O–H groups in total. The number of aromatic hydroxyl groups is 1. The number of phenolic OH excluding ortho intramolecular Hbond substituents is 1. The van der Waals surface area contributed by atoms with Gasteiger partial charge in [-0.1, -0.05) is 37.3 Å². The van der Waals surface area contributed by atoms with Gasteiger partial charge in [-0.05, 0) is 36.2 Å². The summed E-state index contributed by atoms with van der Waals surface area (Å²) in [5.41, 5.74) is 3.58. The molecule has 2 aliphatic rings. The first-order valence-electron chi connectivity index (χ1n) is 12.3. The topological polar surface area (TPSA) is 121 Å². The first kappa shape index (κ1) is 24.6. The van der Waals surface area contributed by atoms with Crippen LogP contribution in [0, 0.1) is 11.3 Å². The van der Waals surface area contributed by atoms with Crippen LogP contribution in [0.1, 0.15) is 19.9 Å². The lowest BCUT2D eigenvalue weighted by Gasteiger charge is -2.61. The number of hydrogen-bond donors (Lipinski definition) is 2. The minimum absolute atomic E-state index is 0.175. The number of anilines is 2. The third-order valence-corrected chi connectivity index (χ3v) is 7.17. The monoisotopic (exact) mass is 501 g/mol. The molecule has 10 heteroatoms. The Hall–Kier alpha value is -4.05. The summed E-state index contributed by atoms with van der Waals surface area (Å²) in [7, 11) is 1.00. The van der Waals surface area contributed by atoms with Crippen molar-refractivity contribution in [1.29, 1.82) is 0 Å². The van der Waals surface area contributed by atoms with Gasteiger partial charge in [-0.15, -0.1) is 15.3 Å². The number of carbonyl (C=O) groups excluding carboxylic acids is 1. The second-order valence-corrected chi connectivity index (χ2v) is 10.1. The number of carbonyl (C=O) groups is 1. The van der Waals surface area contributed by atoms with Gasteiger partial charge in [0.05, 0.1) is 17.4 Å². The second kappa shape index (κ2) is 9.78. The molecule has 4 heterocycles. The predicted octanol–water partition coefficient (Wildman–Crippen LogP) is 2.93. The lowest BCUT2D eigenvalue weighted by atomic mass is 9.72. The van der Waals surface area contributed by atoms with Crippen LogP contribution in [0.3, 0.4) is 0 Å². The number of phenols is 1. The van der Waals surface area contributed by atoms with Gasteiger partial charge in [-0.25, -0.2) is 4.68 Å². The summed E-state index contributed by atoms with van der Waals surface area (Å²) in [6.45, 7) is 7.85. The van der Waals surface area contributed by atoms with Crippen LogP contribution in [0.4, 0.5) is 11.5 Å². The number of aliphatic hydroxyl groups excluding tert-OH is 1. The molecule has 0 radical (unpaired) electrons. The molecule has 0 saturated carbocycles. The molecule has 2 aliphatic heterocycles. The zero-order valence-electron chi connectivity index (χ0n) is 21.2. The molecule has 4 aromatic rings. The predicted molar refractivity (Wildman–Crippen MR) is 142 cm³/mol. The van der Waals surface area contributed by atoms with E-state index >= 15 is 0 Å². The van der Waals surface area contributed by atoms with Crippen LogP contribution in [0.5, 0.6) is 5.75 Å². The third kappa shape index (κ3) is 4.48. The number of rotatable bonds is 6.